The molecule has 0 bridgehead atoms. The summed E-state index contributed by atoms with van der Waals surface area (Å²) >= 11 is 0. The molecular formula is C15H20N4O2. The standard InChI is InChI=1S/C15H20N4O2/c1-10-7-11-8-12(4-5-13(11)18-10)19-14(20)3-2-6-17-15(21)9-16/h4-5,7-8,18H,2-3,6,9,16H2,1H3,(H,17,21)(H,19,20). The minimum atomic E-state index is -0.205. The number of aromatic amines is 1. The SMILES string of the molecule is Cc1cc2cc(NC(=O)CCCNC(=O)CN)ccc2[nH]1. The van der Waals surface area contributed by atoms with Gasteiger partial charge in [-0.05, 0) is 37.6 Å². The van der Waals surface area contributed by atoms with E-state index in [1.807, 2.05) is 31.2 Å². The van der Waals surface area contributed by atoms with E-state index in [9.17, 15) is 9.59 Å². The van der Waals surface area contributed by atoms with Crippen molar-refractivity contribution in [2.75, 3.05) is 18.4 Å². The molecule has 0 atom stereocenters. The number of nitrogens with one attached hydrogen (secondary N) is 3. The number of amides is 2. The largest absolute Gasteiger partial charge is 0.359 e. The predicted molar refractivity (Wildman–Crippen MR) is 83.0 cm³/mol. The maximum absolute atomic E-state index is 11.8. The summed E-state index contributed by atoms with van der Waals surface area (Å²) in [7, 11) is 0. The summed E-state index contributed by atoms with van der Waals surface area (Å²) in [5.74, 6) is -0.271. The van der Waals surface area contributed by atoms with Gasteiger partial charge in [-0.15, -0.1) is 0 Å². The molecule has 0 aliphatic carbocycles. The van der Waals surface area contributed by atoms with Gasteiger partial charge in [0.25, 0.3) is 0 Å². The van der Waals surface area contributed by atoms with Gasteiger partial charge in [0.1, 0.15) is 0 Å². The second-order valence-corrected chi connectivity index (χ2v) is 4.96. The zero-order chi connectivity index (χ0) is 15.2. The molecule has 1 aromatic heterocycles. The fourth-order valence-corrected chi connectivity index (χ4v) is 2.13. The van der Waals surface area contributed by atoms with Crippen molar-refractivity contribution in [1.82, 2.24) is 10.3 Å². The molecule has 0 saturated carbocycles. The molecular weight excluding hydrogens is 268 g/mol. The van der Waals surface area contributed by atoms with Gasteiger partial charge in [-0.3, -0.25) is 9.59 Å². The number of hydrogen-bond acceptors (Lipinski definition) is 3. The van der Waals surface area contributed by atoms with Gasteiger partial charge < -0.3 is 21.4 Å². The number of H-pyrrole nitrogens is 1. The molecule has 21 heavy (non-hydrogen) atoms. The highest BCUT2D eigenvalue weighted by atomic mass is 16.2. The van der Waals surface area contributed by atoms with Crippen LogP contribution in [0.25, 0.3) is 10.9 Å². The lowest BCUT2D eigenvalue weighted by molar-refractivity contribution is -0.120. The summed E-state index contributed by atoms with van der Waals surface area (Å²) in [6.07, 6.45) is 0.943. The van der Waals surface area contributed by atoms with E-state index in [1.165, 1.54) is 0 Å². The monoisotopic (exact) mass is 288 g/mol. The molecule has 0 radical (unpaired) electrons. The third-order valence-electron chi connectivity index (χ3n) is 3.13. The van der Waals surface area contributed by atoms with E-state index in [-0.39, 0.29) is 18.4 Å². The van der Waals surface area contributed by atoms with Crippen LogP contribution >= 0.6 is 0 Å². The van der Waals surface area contributed by atoms with E-state index in [1.54, 1.807) is 0 Å². The van der Waals surface area contributed by atoms with Crippen molar-refractivity contribution in [2.45, 2.75) is 19.8 Å². The Labute approximate surface area is 123 Å². The smallest absolute Gasteiger partial charge is 0.233 e. The summed E-state index contributed by atoms with van der Waals surface area (Å²) in [6, 6.07) is 7.78. The minimum absolute atomic E-state index is 0.0255. The van der Waals surface area contributed by atoms with E-state index in [0.29, 0.717) is 19.4 Å². The lowest BCUT2D eigenvalue weighted by Crippen LogP contribution is -2.31. The van der Waals surface area contributed by atoms with Crippen molar-refractivity contribution >= 4 is 28.4 Å². The molecule has 0 aliphatic rings. The number of fused-ring (bicyclic) bond motifs is 1. The van der Waals surface area contributed by atoms with E-state index in [2.05, 4.69) is 15.6 Å². The van der Waals surface area contributed by atoms with Gasteiger partial charge in [-0.1, -0.05) is 0 Å². The van der Waals surface area contributed by atoms with Crippen LogP contribution in [-0.2, 0) is 9.59 Å². The van der Waals surface area contributed by atoms with Crippen LogP contribution in [0, 0.1) is 6.92 Å². The van der Waals surface area contributed by atoms with Gasteiger partial charge in [0.2, 0.25) is 11.8 Å². The molecule has 2 amide bonds. The Morgan fingerprint density at radius 2 is 2.05 bits per heavy atom. The van der Waals surface area contributed by atoms with E-state index >= 15 is 0 Å². The quantitative estimate of drug-likeness (QED) is 0.602. The first-order valence-electron chi connectivity index (χ1n) is 6.94. The second kappa shape index (κ2) is 6.90. The molecule has 1 aromatic carbocycles. The third-order valence-corrected chi connectivity index (χ3v) is 3.13. The number of benzene rings is 1. The highest BCUT2D eigenvalue weighted by Crippen LogP contribution is 2.19. The fraction of sp³-hybridized carbons (Fsp3) is 0.333. The Bertz CT molecular complexity index is 648. The van der Waals surface area contributed by atoms with Gasteiger partial charge in [0.05, 0.1) is 6.54 Å². The van der Waals surface area contributed by atoms with Crippen LogP contribution in [0.4, 0.5) is 5.69 Å². The number of aromatic nitrogens is 1. The summed E-state index contributed by atoms with van der Waals surface area (Å²) in [5.41, 5.74) is 8.08. The molecule has 2 rings (SSSR count). The molecule has 6 heteroatoms. The first-order valence-corrected chi connectivity index (χ1v) is 6.94. The Morgan fingerprint density at radius 1 is 1.24 bits per heavy atom. The molecule has 0 aliphatic heterocycles. The van der Waals surface area contributed by atoms with E-state index < -0.39 is 0 Å². The number of carbonyl (C=O) groups is 2. The zero-order valence-electron chi connectivity index (χ0n) is 12.0. The van der Waals surface area contributed by atoms with Crippen molar-refractivity contribution in [1.29, 1.82) is 0 Å². The number of anilines is 1. The average Bonchev–Trinajstić information content (AvgIpc) is 2.82. The van der Waals surface area contributed by atoms with Crippen molar-refractivity contribution in [3.05, 3.63) is 30.0 Å². The first-order chi connectivity index (χ1) is 10.1. The van der Waals surface area contributed by atoms with E-state index in [0.717, 1.165) is 22.3 Å². The van der Waals surface area contributed by atoms with Crippen LogP contribution in [0.5, 0.6) is 0 Å². The van der Waals surface area contributed by atoms with Gasteiger partial charge >= 0.3 is 0 Å². The molecule has 6 nitrogen and oxygen atoms in total. The fourth-order valence-electron chi connectivity index (χ4n) is 2.13. The summed E-state index contributed by atoms with van der Waals surface area (Å²) in [5, 5.41) is 6.56. The normalized spacial score (nSPS) is 10.6. The number of rotatable bonds is 6. The second-order valence-electron chi connectivity index (χ2n) is 4.96. The van der Waals surface area contributed by atoms with E-state index in [4.69, 9.17) is 5.73 Å². The Balaban J connectivity index is 1.82. The van der Waals surface area contributed by atoms with Crippen molar-refractivity contribution < 1.29 is 9.59 Å². The molecule has 0 saturated heterocycles. The molecule has 2 aromatic rings. The number of hydrogen-bond donors (Lipinski definition) is 4. The topological polar surface area (TPSA) is 100 Å². The highest BCUT2D eigenvalue weighted by molar-refractivity contribution is 5.94. The lowest BCUT2D eigenvalue weighted by Gasteiger charge is -2.06. The maximum atomic E-state index is 11.8. The molecule has 0 spiro atoms. The molecule has 112 valence electrons. The lowest BCUT2D eigenvalue weighted by atomic mass is 10.2. The van der Waals surface area contributed by atoms with Crippen molar-refractivity contribution in [3.63, 3.8) is 0 Å². The molecule has 1 heterocycles. The molecule has 0 unspecified atom stereocenters. The summed E-state index contributed by atoms with van der Waals surface area (Å²) in [4.78, 5) is 26.0. The van der Waals surface area contributed by atoms with Gasteiger partial charge in [0, 0.05) is 35.2 Å². The Kier molecular flexibility index (Phi) is 4.94. The molecule has 0 fully saturated rings. The van der Waals surface area contributed by atoms with Crippen molar-refractivity contribution in [2.24, 2.45) is 5.73 Å². The minimum Gasteiger partial charge on any atom is -0.359 e. The Morgan fingerprint density at radius 3 is 2.81 bits per heavy atom. The van der Waals surface area contributed by atoms with Gasteiger partial charge in [-0.2, -0.15) is 0 Å². The first kappa shape index (κ1) is 15.1. The molecule has 5 N–H and O–H groups in total. The van der Waals surface area contributed by atoms with Crippen LogP contribution in [0.2, 0.25) is 0 Å². The van der Waals surface area contributed by atoms with Crippen LogP contribution < -0.4 is 16.4 Å². The van der Waals surface area contributed by atoms with Gasteiger partial charge in [-0.25, -0.2) is 0 Å². The number of aryl methyl sites for hydroxylation is 1. The van der Waals surface area contributed by atoms with Crippen molar-refractivity contribution in [3.8, 4) is 0 Å². The summed E-state index contributed by atoms with van der Waals surface area (Å²) in [6.45, 7) is 2.43. The van der Waals surface area contributed by atoms with Crippen LogP contribution in [0.3, 0.4) is 0 Å². The Hall–Kier alpha value is -2.34. The zero-order valence-corrected chi connectivity index (χ0v) is 12.0. The number of carbonyl (C=O) groups excluding carboxylic acids is 2. The van der Waals surface area contributed by atoms with Crippen LogP contribution in [0.1, 0.15) is 18.5 Å². The third kappa shape index (κ3) is 4.32. The van der Waals surface area contributed by atoms with Crippen LogP contribution in [-0.4, -0.2) is 29.9 Å². The summed E-state index contributed by atoms with van der Waals surface area (Å²) < 4.78 is 0. The number of nitrogens with two attached hydrogens (primary N) is 1. The predicted octanol–water partition coefficient (Wildman–Crippen LogP) is 1.27. The van der Waals surface area contributed by atoms with Crippen LogP contribution in [0.15, 0.2) is 24.3 Å². The maximum Gasteiger partial charge on any atom is 0.233 e. The highest BCUT2D eigenvalue weighted by Gasteiger charge is 2.05. The van der Waals surface area contributed by atoms with Gasteiger partial charge in [0.15, 0.2) is 0 Å². The average molecular weight is 288 g/mol.